The number of benzene rings is 1. The number of nitrogens with zero attached hydrogens (tertiary/aromatic N) is 4. The minimum atomic E-state index is -0.296. The lowest BCUT2D eigenvalue weighted by molar-refractivity contribution is 0.0562. The van der Waals surface area contributed by atoms with Gasteiger partial charge in [0.1, 0.15) is 0 Å². The van der Waals surface area contributed by atoms with E-state index < -0.39 is 0 Å². The van der Waals surface area contributed by atoms with Crippen LogP contribution in [-0.2, 0) is 6.54 Å². The lowest BCUT2D eigenvalue weighted by Crippen LogP contribution is -2.41. The van der Waals surface area contributed by atoms with E-state index in [0.29, 0.717) is 24.5 Å². The third kappa shape index (κ3) is 4.89. The van der Waals surface area contributed by atoms with Crippen molar-refractivity contribution in [1.29, 1.82) is 0 Å². The first kappa shape index (κ1) is 19.4. The van der Waals surface area contributed by atoms with Gasteiger partial charge in [-0.2, -0.15) is 0 Å². The number of anilines is 2. The Kier molecular flexibility index (Phi) is 6.64. The summed E-state index contributed by atoms with van der Waals surface area (Å²) in [5.74, 6) is 0.187. The van der Waals surface area contributed by atoms with E-state index in [4.69, 9.17) is 0 Å². The maximum absolute atomic E-state index is 13.1. The number of nitrogens with one attached hydrogen (secondary N) is 1. The second kappa shape index (κ2) is 9.57. The van der Waals surface area contributed by atoms with Crippen LogP contribution in [0.5, 0.6) is 0 Å². The number of aromatic nitrogens is 3. The summed E-state index contributed by atoms with van der Waals surface area (Å²) < 4.78 is 0. The molecule has 2 heterocycles. The number of aliphatic hydroxyl groups is 1. The minimum Gasteiger partial charge on any atom is -0.394 e. The second-order valence-corrected chi connectivity index (χ2v) is 6.33. The average Bonchev–Trinajstić information content (AvgIpc) is 2.75. The van der Waals surface area contributed by atoms with Crippen LogP contribution in [-0.4, -0.2) is 43.5 Å². The first-order chi connectivity index (χ1) is 13.7. The molecule has 144 valence electrons. The second-order valence-electron chi connectivity index (χ2n) is 6.33. The monoisotopic (exact) mass is 377 g/mol. The topological polar surface area (TPSA) is 91.2 Å². The zero-order chi connectivity index (χ0) is 19.8. The van der Waals surface area contributed by atoms with Crippen LogP contribution in [0.3, 0.4) is 0 Å². The quantitative estimate of drug-likeness (QED) is 0.627. The fraction of sp³-hybridized carbons (Fsp3) is 0.238. The first-order valence-electron chi connectivity index (χ1n) is 9.16. The number of amides is 1. The highest BCUT2D eigenvalue weighted by Gasteiger charge is 2.24. The van der Waals surface area contributed by atoms with Crippen molar-refractivity contribution in [2.75, 3.05) is 11.9 Å². The maximum atomic E-state index is 13.1. The summed E-state index contributed by atoms with van der Waals surface area (Å²) in [6, 6.07) is 13.0. The number of para-hydroxylation sites is 1. The number of carbonyl (C=O) groups excluding carboxylic acids is 1. The van der Waals surface area contributed by atoms with Gasteiger partial charge in [-0.3, -0.25) is 9.78 Å². The lowest BCUT2D eigenvalue weighted by Gasteiger charge is -2.30. The van der Waals surface area contributed by atoms with Crippen LogP contribution in [0.1, 0.15) is 29.3 Å². The van der Waals surface area contributed by atoms with Crippen LogP contribution in [0.2, 0.25) is 0 Å². The fourth-order valence-corrected chi connectivity index (χ4v) is 2.82. The highest BCUT2D eigenvalue weighted by atomic mass is 16.3. The molecule has 3 aromatic rings. The number of hydrogen-bond acceptors (Lipinski definition) is 6. The van der Waals surface area contributed by atoms with Crippen LogP contribution in [0, 0.1) is 0 Å². The lowest BCUT2D eigenvalue weighted by atomic mass is 10.1. The molecule has 7 nitrogen and oxygen atoms in total. The molecule has 0 radical (unpaired) electrons. The maximum Gasteiger partial charge on any atom is 0.257 e. The van der Waals surface area contributed by atoms with Crippen LogP contribution < -0.4 is 5.32 Å². The molecular formula is C21H23N5O2. The summed E-state index contributed by atoms with van der Waals surface area (Å²) in [7, 11) is 0. The van der Waals surface area contributed by atoms with Crippen LogP contribution >= 0.6 is 0 Å². The van der Waals surface area contributed by atoms with Gasteiger partial charge < -0.3 is 15.3 Å². The zero-order valence-corrected chi connectivity index (χ0v) is 15.7. The molecular weight excluding hydrogens is 354 g/mol. The smallest absolute Gasteiger partial charge is 0.257 e. The molecule has 2 N–H and O–H groups in total. The highest BCUT2D eigenvalue weighted by Crippen LogP contribution is 2.16. The molecule has 7 heteroatoms. The van der Waals surface area contributed by atoms with E-state index in [1.54, 1.807) is 17.3 Å². The van der Waals surface area contributed by atoms with Gasteiger partial charge in [0.2, 0.25) is 5.95 Å². The van der Waals surface area contributed by atoms with Crippen molar-refractivity contribution in [1.82, 2.24) is 19.9 Å². The van der Waals surface area contributed by atoms with Gasteiger partial charge in [-0.15, -0.1) is 0 Å². The van der Waals surface area contributed by atoms with Crippen molar-refractivity contribution in [2.45, 2.75) is 25.9 Å². The minimum absolute atomic E-state index is 0.114. The molecule has 1 aromatic carbocycles. The van der Waals surface area contributed by atoms with E-state index in [1.165, 1.54) is 12.4 Å². The van der Waals surface area contributed by atoms with Gasteiger partial charge in [0.15, 0.2) is 0 Å². The van der Waals surface area contributed by atoms with Gasteiger partial charge in [0.25, 0.3) is 5.91 Å². The van der Waals surface area contributed by atoms with E-state index in [9.17, 15) is 9.90 Å². The molecule has 0 aliphatic rings. The van der Waals surface area contributed by atoms with Crippen molar-refractivity contribution >= 4 is 17.5 Å². The summed E-state index contributed by atoms with van der Waals surface area (Å²) in [4.78, 5) is 27.3. The zero-order valence-electron chi connectivity index (χ0n) is 15.7. The molecule has 0 aliphatic heterocycles. The van der Waals surface area contributed by atoms with Crippen LogP contribution in [0.25, 0.3) is 0 Å². The molecule has 0 fully saturated rings. The SMILES string of the molecule is CC[C@@H](CO)N(Cc1cccnc1)C(=O)c1cnc(Nc2ccccc2)nc1. The Morgan fingerprint density at radius 1 is 1.11 bits per heavy atom. The van der Waals surface area contributed by atoms with E-state index in [0.717, 1.165) is 11.3 Å². The number of aliphatic hydroxyl groups excluding tert-OH is 1. The molecule has 0 saturated heterocycles. The number of hydrogen-bond donors (Lipinski definition) is 2. The van der Waals surface area contributed by atoms with E-state index in [1.807, 2.05) is 49.4 Å². The molecule has 3 rings (SSSR count). The molecule has 0 spiro atoms. The number of carbonyl (C=O) groups is 1. The van der Waals surface area contributed by atoms with Crippen molar-refractivity contribution < 1.29 is 9.90 Å². The van der Waals surface area contributed by atoms with Crippen molar-refractivity contribution in [3.05, 3.63) is 78.4 Å². The number of rotatable bonds is 8. The third-order valence-electron chi connectivity index (χ3n) is 4.39. The van der Waals surface area contributed by atoms with Crippen molar-refractivity contribution in [2.24, 2.45) is 0 Å². The Labute approximate surface area is 164 Å². The summed E-state index contributed by atoms with van der Waals surface area (Å²) in [6.45, 7) is 2.18. The Morgan fingerprint density at radius 2 is 1.86 bits per heavy atom. The predicted octanol–water partition coefficient (Wildman–Crippen LogP) is 3.03. The Bertz CT molecular complexity index is 868. The average molecular weight is 377 g/mol. The van der Waals surface area contributed by atoms with Gasteiger partial charge in [0.05, 0.1) is 18.2 Å². The molecule has 1 atom stereocenters. The van der Waals surface area contributed by atoms with Crippen LogP contribution in [0.15, 0.2) is 67.3 Å². The summed E-state index contributed by atoms with van der Waals surface area (Å²) in [6.07, 6.45) is 7.04. The Balaban J connectivity index is 1.77. The van der Waals surface area contributed by atoms with E-state index in [2.05, 4.69) is 20.3 Å². The summed E-state index contributed by atoms with van der Waals surface area (Å²) in [5, 5.41) is 12.8. The van der Waals surface area contributed by atoms with Gasteiger partial charge >= 0.3 is 0 Å². The summed E-state index contributed by atoms with van der Waals surface area (Å²) in [5.41, 5.74) is 2.13. The molecule has 0 saturated carbocycles. The standard InChI is InChI=1S/C21H23N5O2/c1-2-19(15-27)26(14-16-7-6-10-22-11-16)20(28)17-12-23-21(24-13-17)25-18-8-4-3-5-9-18/h3-13,19,27H,2,14-15H2,1H3,(H,23,24,25)/t19-/m0/s1. The molecule has 0 unspecified atom stereocenters. The highest BCUT2D eigenvalue weighted by molar-refractivity contribution is 5.94. The van der Waals surface area contributed by atoms with Gasteiger partial charge in [-0.25, -0.2) is 9.97 Å². The molecule has 28 heavy (non-hydrogen) atoms. The van der Waals surface area contributed by atoms with Gasteiger partial charge in [-0.05, 0) is 30.2 Å². The fourth-order valence-electron chi connectivity index (χ4n) is 2.82. The third-order valence-corrected chi connectivity index (χ3v) is 4.39. The van der Waals surface area contributed by atoms with E-state index in [-0.39, 0.29) is 18.6 Å². The van der Waals surface area contributed by atoms with Crippen molar-refractivity contribution in [3.63, 3.8) is 0 Å². The predicted molar refractivity (Wildman–Crippen MR) is 107 cm³/mol. The molecule has 1 amide bonds. The van der Waals surface area contributed by atoms with Crippen molar-refractivity contribution in [3.8, 4) is 0 Å². The van der Waals surface area contributed by atoms with Gasteiger partial charge in [0, 0.05) is 37.0 Å². The van der Waals surface area contributed by atoms with E-state index >= 15 is 0 Å². The molecule has 0 aliphatic carbocycles. The largest absolute Gasteiger partial charge is 0.394 e. The normalized spacial score (nSPS) is 11.6. The Hall–Kier alpha value is -3.32. The van der Waals surface area contributed by atoms with Crippen LogP contribution in [0.4, 0.5) is 11.6 Å². The molecule has 2 aromatic heterocycles. The Morgan fingerprint density at radius 3 is 2.46 bits per heavy atom. The summed E-state index contributed by atoms with van der Waals surface area (Å²) >= 11 is 0. The number of pyridine rings is 1. The molecule has 0 bridgehead atoms. The first-order valence-corrected chi connectivity index (χ1v) is 9.16. The van der Waals surface area contributed by atoms with Gasteiger partial charge in [-0.1, -0.05) is 31.2 Å².